The summed E-state index contributed by atoms with van der Waals surface area (Å²) in [5, 5.41) is 0. The third-order valence-corrected chi connectivity index (χ3v) is 3.30. The number of nitrogen functional groups attached to an aromatic ring is 1. The number of hydrogen-bond donors (Lipinski definition) is 1. The van der Waals surface area contributed by atoms with Crippen molar-refractivity contribution in [3.63, 3.8) is 0 Å². The topological polar surface area (TPSA) is 60.2 Å². The predicted octanol–water partition coefficient (Wildman–Crippen LogP) is 1.29. The average Bonchev–Trinajstić information content (AvgIpc) is 1.98. The van der Waals surface area contributed by atoms with Gasteiger partial charge in [-0.3, -0.25) is 0 Å². The van der Waals surface area contributed by atoms with Crippen LogP contribution in [-0.4, -0.2) is 14.7 Å². The lowest BCUT2D eigenvalue weighted by Gasteiger charge is -2.08. The molecule has 3 nitrogen and oxygen atoms in total. The molecule has 0 aromatic heterocycles. The van der Waals surface area contributed by atoms with Crippen LogP contribution in [0.3, 0.4) is 0 Å². The van der Waals surface area contributed by atoms with Crippen molar-refractivity contribution < 1.29 is 8.42 Å². The van der Waals surface area contributed by atoms with E-state index < -0.39 is 9.84 Å². The fourth-order valence-electron chi connectivity index (χ4n) is 1.14. The van der Waals surface area contributed by atoms with Gasteiger partial charge in [-0.25, -0.2) is 8.42 Å². The number of anilines is 1. The highest BCUT2D eigenvalue weighted by Gasteiger charge is 2.13. The van der Waals surface area contributed by atoms with Crippen molar-refractivity contribution in [1.29, 1.82) is 0 Å². The summed E-state index contributed by atoms with van der Waals surface area (Å²) in [6, 6.07) is 3.31. The van der Waals surface area contributed by atoms with Crippen LogP contribution in [-0.2, 0) is 9.84 Å². The molecule has 1 rings (SSSR count). The van der Waals surface area contributed by atoms with Crippen molar-refractivity contribution in [3.8, 4) is 0 Å². The molecule has 0 aliphatic rings. The largest absolute Gasteiger partial charge is 0.397 e. The van der Waals surface area contributed by atoms with Gasteiger partial charge in [0.1, 0.15) is 0 Å². The fraction of sp³-hybridized carbons (Fsp3) is 0.333. The van der Waals surface area contributed by atoms with Crippen molar-refractivity contribution in [1.82, 2.24) is 0 Å². The molecule has 0 saturated carbocycles. The minimum Gasteiger partial charge on any atom is -0.397 e. The van der Waals surface area contributed by atoms with Gasteiger partial charge in [-0.05, 0) is 31.0 Å². The lowest BCUT2D eigenvalue weighted by molar-refractivity contribution is 0.602. The van der Waals surface area contributed by atoms with Crippen LogP contribution in [0.15, 0.2) is 17.0 Å². The first kappa shape index (κ1) is 10.1. The van der Waals surface area contributed by atoms with Crippen LogP contribution in [0.1, 0.15) is 11.1 Å². The van der Waals surface area contributed by atoms with Crippen LogP contribution in [0.4, 0.5) is 5.69 Å². The quantitative estimate of drug-likeness (QED) is 0.693. The van der Waals surface area contributed by atoms with Crippen LogP contribution < -0.4 is 5.73 Å². The molecule has 72 valence electrons. The van der Waals surface area contributed by atoms with Crippen molar-refractivity contribution in [2.45, 2.75) is 18.7 Å². The van der Waals surface area contributed by atoms with Gasteiger partial charge in [0.15, 0.2) is 9.84 Å². The summed E-state index contributed by atoms with van der Waals surface area (Å²) < 4.78 is 22.5. The smallest absolute Gasteiger partial charge is 0.177 e. The summed E-state index contributed by atoms with van der Waals surface area (Å²) in [4.78, 5) is 0.218. The number of nitrogens with two attached hydrogens (primary N) is 1. The van der Waals surface area contributed by atoms with Gasteiger partial charge in [0.2, 0.25) is 0 Å². The van der Waals surface area contributed by atoms with Gasteiger partial charge in [0, 0.05) is 6.26 Å². The summed E-state index contributed by atoms with van der Waals surface area (Å²) in [6.45, 7) is 3.72. The summed E-state index contributed by atoms with van der Waals surface area (Å²) in [5.74, 6) is 0. The molecule has 0 saturated heterocycles. The van der Waals surface area contributed by atoms with Gasteiger partial charge < -0.3 is 5.73 Å². The van der Waals surface area contributed by atoms with Gasteiger partial charge in [0.25, 0.3) is 0 Å². The maximum Gasteiger partial charge on any atom is 0.177 e. The first-order valence-corrected chi connectivity index (χ1v) is 5.79. The summed E-state index contributed by atoms with van der Waals surface area (Å²) in [6.07, 6.45) is 1.16. The number of benzene rings is 1. The Morgan fingerprint density at radius 1 is 1.23 bits per heavy atom. The zero-order valence-corrected chi connectivity index (χ0v) is 8.77. The van der Waals surface area contributed by atoms with Gasteiger partial charge in [0.05, 0.1) is 10.6 Å². The van der Waals surface area contributed by atoms with E-state index >= 15 is 0 Å². The van der Waals surface area contributed by atoms with E-state index in [0.717, 1.165) is 17.4 Å². The second kappa shape index (κ2) is 3.03. The average molecular weight is 199 g/mol. The molecule has 0 spiro atoms. The van der Waals surface area contributed by atoms with E-state index in [0.29, 0.717) is 5.69 Å². The molecule has 4 heteroatoms. The van der Waals surface area contributed by atoms with Gasteiger partial charge >= 0.3 is 0 Å². The molecule has 0 atom stereocenters. The Balaban J connectivity index is 3.53. The van der Waals surface area contributed by atoms with E-state index in [9.17, 15) is 8.42 Å². The Bertz CT molecular complexity index is 435. The Morgan fingerprint density at radius 3 is 2.23 bits per heavy atom. The molecule has 1 aromatic rings. The van der Waals surface area contributed by atoms with Crippen LogP contribution in [0, 0.1) is 13.8 Å². The molecule has 0 radical (unpaired) electrons. The maximum absolute atomic E-state index is 11.2. The monoisotopic (exact) mass is 199 g/mol. The first-order valence-electron chi connectivity index (χ1n) is 3.90. The molecule has 0 amide bonds. The van der Waals surface area contributed by atoms with Crippen LogP contribution in [0.2, 0.25) is 0 Å². The molecule has 0 fully saturated rings. The summed E-state index contributed by atoms with van der Waals surface area (Å²) in [5.41, 5.74) is 7.89. The molecule has 13 heavy (non-hydrogen) atoms. The zero-order valence-electron chi connectivity index (χ0n) is 7.96. The Hall–Kier alpha value is -1.03. The number of sulfone groups is 1. The molecule has 1 aromatic carbocycles. The van der Waals surface area contributed by atoms with Crippen molar-refractivity contribution in [2.75, 3.05) is 12.0 Å². The van der Waals surface area contributed by atoms with E-state index in [4.69, 9.17) is 5.73 Å². The fourth-order valence-corrected chi connectivity index (χ4v) is 2.00. The lowest BCUT2D eigenvalue weighted by Crippen LogP contribution is -2.04. The van der Waals surface area contributed by atoms with Crippen molar-refractivity contribution in [2.24, 2.45) is 0 Å². The SMILES string of the molecule is Cc1ccc(S(C)(=O)=O)c(N)c1C. The Morgan fingerprint density at radius 2 is 1.77 bits per heavy atom. The van der Waals surface area contributed by atoms with E-state index in [2.05, 4.69) is 0 Å². The highest BCUT2D eigenvalue weighted by molar-refractivity contribution is 7.90. The van der Waals surface area contributed by atoms with E-state index in [1.165, 1.54) is 0 Å². The Labute approximate surface area is 78.5 Å². The second-order valence-corrected chi connectivity index (χ2v) is 5.18. The number of rotatable bonds is 1. The second-order valence-electron chi connectivity index (χ2n) is 3.19. The molecule has 0 aliphatic heterocycles. The molecule has 2 N–H and O–H groups in total. The molecular formula is C9H13NO2S. The molecule has 0 heterocycles. The summed E-state index contributed by atoms with van der Waals surface area (Å²) >= 11 is 0. The standard InChI is InChI=1S/C9H13NO2S/c1-6-4-5-8(13(3,11)12)9(10)7(6)2/h4-5H,10H2,1-3H3. The third kappa shape index (κ3) is 1.83. The van der Waals surface area contributed by atoms with Gasteiger partial charge in [-0.2, -0.15) is 0 Å². The molecule has 0 bridgehead atoms. The Kier molecular flexibility index (Phi) is 2.34. The normalized spacial score (nSPS) is 11.6. The maximum atomic E-state index is 11.2. The van der Waals surface area contributed by atoms with Crippen LogP contribution >= 0.6 is 0 Å². The first-order chi connectivity index (χ1) is 5.84. The van der Waals surface area contributed by atoms with E-state index in [1.54, 1.807) is 12.1 Å². The minimum atomic E-state index is -3.20. The summed E-state index contributed by atoms with van der Waals surface area (Å²) in [7, 11) is -3.20. The van der Waals surface area contributed by atoms with E-state index in [-0.39, 0.29) is 4.90 Å². The highest BCUT2D eigenvalue weighted by Crippen LogP contribution is 2.24. The van der Waals surface area contributed by atoms with E-state index in [1.807, 2.05) is 13.8 Å². The third-order valence-electron chi connectivity index (χ3n) is 2.15. The minimum absolute atomic E-state index is 0.218. The van der Waals surface area contributed by atoms with Crippen LogP contribution in [0.5, 0.6) is 0 Å². The highest BCUT2D eigenvalue weighted by atomic mass is 32.2. The molecule has 0 aliphatic carbocycles. The number of aryl methyl sites for hydroxylation is 1. The van der Waals surface area contributed by atoms with Crippen LogP contribution in [0.25, 0.3) is 0 Å². The van der Waals surface area contributed by atoms with Crippen molar-refractivity contribution in [3.05, 3.63) is 23.3 Å². The predicted molar refractivity (Wildman–Crippen MR) is 53.4 cm³/mol. The molecular weight excluding hydrogens is 186 g/mol. The van der Waals surface area contributed by atoms with Gasteiger partial charge in [-0.1, -0.05) is 6.07 Å². The van der Waals surface area contributed by atoms with Gasteiger partial charge in [-0.15, -0.1) is 0 Å². The number of hydrogen-bond acceptors (Lipinski definition) is 3. The zero-order chi connectivity index (χ0) is 10.2. The van der Waals surface area contributed by atoms with Crippen molar-refractivity contribution >= 4 is 15.5 Å². The molecule has 0 unspecified atom stereocenters. The lowest BCUT2D eigenvalue weighted by atomic mass is 10.1.